The van der Waals surface area contributed by atoms with Gasteiger partial charge < -0.3 is 25.7 Å². The standard InChI is InChI=1S/C16H15NO8S/c1-6(18)17-10(16(24)25)5-26-4-9-13(21)12-8(14(22)15(9)23)2-7(19)3-11(12)20/h2-3,10,19-21H,4-5H2,1H3,(H,17,18)(H,24,25)/t10-/m0/s1. The molecular weight excluding hydrogens is 366 g/mol. The van der Waals surface area contributed by atoms with E-state index in [0.717, 1.165) is 30.8 Å². The van der Waals surface area contributed by atoms with Crippen LogP contribution >= 0.6 is 11.8 Å². The van der Waals surface area contributed by atoms with E-state index in [1.165, 1.54) is 0 Å². The average molecular weight is 381 g/mol. The molecule has 1 aromatic rings. The summed E-state index contributed by atoms with van der Waals surface area (Å²) < 4.78 is 0. The fourth-order valence-electron chi connectivity index (χ4n) is 2.39. The zero-order valence-corrected chi connectivity index (χ0v) is 14.3. The Kier molecular flexibility index (Phi) is 5.56. The van der Waals surface area contributed by atoms with Crippen LogP contribution in [0, 0.1) is 0 Å². The third kappa shape index (κ3) is 3.80. The molecule has 1 aliphatic rings. The second kappa shape index (κ2) is 7.48. The van der Waals surface area contributed by atoms with E-state index in [2.05, 4.69) is 5.32 Å². The molecule has 1 aromatic carbocycles. The lowest BCUT2D eigenvalue weighted by molar-refractivity contribution is -0.140. The number of carboxylic acid groups (broad SMARTS) is 1. The number of hydrogen-bond acceptors (Lipinski definition) is 8. The summed E-state index contributed by atoms with van der Waals surface area (Å²) in [6, 6.07) is 0.680. The van der Waals surface area contributed by atoms with E-state index in [9.17, 15) is 34.5 Å². The Bertz CT molecular complexity index is 845. The van der Waals surface area contributed by atoms with Crippen LogP contribution in [0.3, 0.4) is 0 Å². The van der Waals surface area contributed by atoms with Crippen molar-refractivity contribution in [2.24, 2.45) is 0 Å². The highest BCUT2D eigenvalue weighted by molar-refractivity contribution is 7.99. The van der Waals surface area contributed by atoms with E-state index < -0.39 is 46.7 Å². The van der Waals surface area contributed by atoms with E-state index >= 15 is 0 Å². The molecular formula is C16H15NO8S. The summed E-state index contributed by atoms with van der Waals surface area (Å²) in [5, 5.41) is 40.8. The largest absolute Gasteiger partial charge is 0.508 e. The highest BCUT2D eigenvalue weighted by atomic mass is 32.2. The molecule has 0 aromatic heterocycles. The smallest absolute Gasteiger partial charge is 0.327 e. The van der Waals surface area contributed by atoms with E-state index in [1.807, 2.05) is 0 Å². The highest BCUT2D eigenvalue weighted by Crippen LogP contribution is 2.37. The Morgan fingerprint density at radius 1 is 1.15 bits per heavy atom. The van der Waals surface area contributed by atoms with Gasteiger partial charge in [-0.1, -0.05) is 0 Å². The molecule has 0 unspecified atom stereocenters. The summed E-state index contributed by atoms with van der Waals surface area (Å²) >= 11 is 0.914. The van der Waals surface area contributed by atoms with E-state index in [4.69, 9.17) is 5.11 Å². The first-order chi connectivity index (χ1) is 12.1. The highest BCUT2D eigenvalue weighted by Gasteiger charge is 2.35. The quantitative estimate of drug-likeness (QED) is 0.441. The number of amides is 1. The maximum Gasteiger partial charge on any atom is 0.327 e. The molecule has 2 rings (SSSR count). The zero-order chi connectivity index (χ0) is 19.6. The number of carbonyl (C=O) groups is 4. The molecule has 0 radical (unpaired) electrons. The minimum Gasteiger partial charge on any atom is -0.508 e. The van der Waals surface area contributed by atoms with Crippen LogP contribution in [-0.2, 0) is 14.4 Å². The Morgan fingerprint density at radius 3 is 2.38 bits per heavy atom. The van der Waals surface area contributed by atoms with Gasteiger partial charge in [0.2, 0.25) is 17.5 Å². The van der Waals surface area contributed by atoms with Gasteiger partial charge in [0, 0.05) is 30.1 Å². The molecule has 0 saturated heterocycles. The molecule has 0 saturated carbocycles. The first-order valence-corrected chi connectivity index (χ1v) is 8.44. The summed E-state index contributed by atoms with van der Waals surface area (Å²) in [5.41, 5.74) is -0.875. The number of nitrogens with one attached hydrogen (secondary N) is 1. The van der Waals surface area contributed by atoms with Crippen molar-refractivity contribution < 1.29 is 39.6 Å². The molecule has 0 bridgehead atoms. The number of aromatic hydroxyl groups is 2. The fourth-order valence-corrected chi connectivity index (χ4v) is 3.44. The van der Waals surface area contributed by atoms with Crippen molar-refractivity contribution in [1.29, 1.82) is 0 Å². The third-order valence-corrected chi connectivity index (χ3v) is 4.62. The number of aliphatic hydroxyl groups excluding tert-OH is 1. The summed E-state index contributed by atoms with van der Waals surface area (Å²) in [6.07, 6.45) is 0. The number of carboxylic acids is 1. The summed E-state index contributed by atoms with van der Waals surface area (Å²) in [6.45, 7) is 1.16. The lowest BCUT2D eigenvalue weighted by Gasteiger charge is -2.19. The Balaban J connectivity index is 2.25. The fraction of sp³-hybridized carbons (Fsp3) is 0.250. The van der Waals surface area contributed by atoms with Crippen LogP contribution in [0.2, 0.25) is 0 Å². The number of Topliss-reactive ketones (excluding diaryl/α,β-unsaturated/α-hetero) is 2. The predicted molar refractivity (Wildman–Crippen MR) is 91.2 cm³/mol. The van der Waals surface area contributed by atoms with Crippen LogP contribution in [0.1, 0.15) is 22.8 Å². The lowest BCUT2D eigenvalue weighted by atomic mass is 9.88. The van der Waals surface area contributed by atoms with Crippen LogP contribution in [0.25, 0.3) is 5.76 Å². The molecule has 10 heteroatoms. The minimum absolute atomic E-state index is 0.110. The number of thioether (sulfide) groups is 1. The van der Waals surface area contributed by atoms with E-state index in [0.29, 0.717) is 0 Å². The molecule has 1 atom stereocenters. The zero-order valence-electron chi connectivity index (χ0n) is 13.5. The number of phenols is 2. The van der Waals surface area contributed by atoms with Crippen molar-refractivity contribution in [3.8, 4) is 11.5 Å². The lowest BCUT2D eigenvalue weighted by Crippen LogP contribution is -2.41. The van der Waals surface area contributed by atoms with E-state index in [-0.39, 0.29) is 28.2 Å². The molecule has 0 fully saturated rings. The number of fused-ring (bicyclic) bond motifs is 1. The first kappa shape index (κ1) is 19.3. The van der Waals surface area contributed by atoms with Gasteiger partial charge in [0.1, 0.15) is 23.3 Å². The predicted octanol–water partition coefficient (Wildman–Crippen LogP) is 0.455. The van der Waals surface area contributed by atoms with Gasteiger partial charge >= 0.3 is 5.97 Å². The van der Waals surface area contributed by atoms with Crippen LogP contribution in [-0.4, -0.2) is 61.4 Å². The van der Waals surface area contributed by atoms with Gasteiger partial charge in [-0.3, -0.25) is 14.4 Å². The van der Waals surface area contributed by atoms with E-state index in [1.54, 1.807) is 0 Å². The summed E-state index contributed by atoms with van der Waals surface area (Å²) in [5.74, 6) is -5.76. The number of benzene rings is 1. The molecule has 0 aliphatic heterocycles. The van der Waals surface area contributed by atoms with Gasteiger partial charge in [-0.25, -0.2) is 4.79 Å². The average Bonchev–Trinajstić information content (AvgIpc) is 2.53. The number of hydrogen-bond donors (Lipinski definition) is 5. The number of aliphatic carboxylic acids is 1. The number of ketones is 2. The van der Waals surface area contributed by atoms with Gasteiger partial charge in [0.25, 0.3) is 0 Å². The van der Waals surface area contributed by atoms with Crippen molar-refractivity contribution >= 4 is 41.0 Å². The number of aliphatic hydroxyl groups is 1. The number of phenolic OH excluding ortho intramolecular Hbond substituents is 2. The minimum atomic E-state index is -1.27. The number of carbonyl (C=O) groups excluding carboxylic acids is 3. The third-order valence-electron chi connectivity index (χ3n) is 3.56. The molecule has 1 aliphatic carbocycles. The molecule has 26 heavy (non-hydrogen) atoms. The molecule has 5 N–H and O–H groups in total. The van der Waals surface area contributed by atoms with Crippen LogP contribution in [0.5, 0.6) is 11.5 Å². The van der Waals surface area contributed by atoms with Crippen molar-refractivity contribution in [3.63, 3.8) is 0 Å². The van der Waals surface area contributed by atoms with Crippen molar-refractivity contribution in [1.82, 2.24) is 5.32 Å². The Hall–Kier alpha value is -3.01. The molecule has 1 amide bonds. The normalized spacial score (nSPS) is 14.8. The Labute approximate surface area is 151 Å². The molecule has 0 spiro atoms. The summed E-state index contributed by atoms with van der Waals surface area (Å²) in [4.78, 5) is 46.4. The van der Waals surface area contributed by atoms with Crippen molar-refractivity contribution in [2.75, 3.05) is 11.5 Å². The molecule has 138 valence electrons. The second-order valence-electron chi connectivity index (χ2n) is 5.48. The van der Waals surface area contributed by atoms with Crippen molar-refractivity contribution in [3.05, 3.63) is 28.8 Å². The van der Waals surface area contributed by atoms with Crippen LogP contribution < -0.4 is 5.32 Å². The molecule has 9 nitrogen and oxygen atoms in total. The van der Waals surface area contributed by atoms with Gasteiger partial charge in [0.05, 0.1) is 11.1 Å². The second-order valence-corrected chi connectivity index (χ2v) is 6.51. The first-order valence-electron chi connectivity index (χ1n) is 7.28. The summed E-state index contributed by atoms with van der Waals surface area (Å²) in [7, 11) is 0. The SMILES string of the molecule is CC(=O)N[C@@H](CSCC1=C(O)c2c(O)cc(O)cc2C(=O)C1=O)C(=O)O. The van der Waals surface area contributed by atoms with Gasteiger partial charge in [-0.05, 0) is 6.07 Å². The molecule has 0 heterocycles. The maximum atomic E-state index is 12.2. The topological polar surface area (TPSA) is 161 Å². The van der Waals surface area contributed by atoms with Crippen molar-refractivity contribution in [2.45, 2.75) is 13.0 Å². The maximum absolute atomic E-state index is 12.2. The van der Waals surface area contributed by atoms with Crippen LogP contribution in [0.4, 0.5) is 0 Å². The van der Waals surface area contributed by atoms with Gasteiger partial charge in [-0.2, -0.15) is 11.8 Å². The van der Waals surface area contributed by atoms with Gasteiger partial charge in [0.15, 0.2) is 0 Å². The van der Waals surface area contributed by atoms with Gasteiger partial charge in [-0.15, -0.1) is 0 Å². The number of rotatable bonds is 6. The Morgan fingerprint density at radius 2 is 1.81 bits per heavy atom. The monoisotopic (exact) mass is 381 g/mol. The van der Waals surface area contributed by atoms with Crippen LogP contribution in [0.15, 0.2) is 17.7 Å².